The molecule has 0 fully saturated rings. The molecule has 0 unspecified atom stereocenters. The van der Waals surface area contributed by atoms with Crippen LogP contribution in [0.25, 0.3) is 6.08 Å². The Bertz CT molecular complexity index is 699. The van der Waals surface area contributed by atoms with E-state index >= 15 is 0 Å². The number of carbonyl (C=O) groups excluding carboxylic acids is 1. The topological polar surface area (TPSA) is 38.3 Å². The highest BCUT2D eigenvalue weighted by Crippen LogP contribution is 2.20. The Morgan fingerprint density at radius 3 is 2.54 bits per heavy atom. The first-order valence-corrected chi connectivity index (χ1v) is 8.37. The summed E-state index contributed by atoms with van der Waals surface area (Å²) >= 11 is 0. The summed E-state index contributed by atoms with van der Waals surface area (Å²) in [5, 5.41) is 2.90. The van der Waals surface area contributed by atoms with Gasteiger partial charge < -0.3 is 10.1 Å². The largest absolute Gasteiger partial charge is 0.493 e. The summed E-state index contributed by atoms with van der Waals surface area (Å²) in [4.78, 5) is 12.1. The standard InChI is InChI=1S/C21H25NO2/c1-4-5-12-24-20-9-7-6-8-18(20)10-11-21(23)22-19-14-16(2)13-17(3)15-19/h6-11,13-15H,4-5,12H2,1-3H3,(H,22,23). The number of aryl methyl sites for hydroxylation is 2. The molecule has 0 bridgehead atoms. The highest BCUT2D eigenvalue weighted by atomic mass is 16.5. The van der Waals surface area contributed by atoms with E-state index in [4.69, 9.17) is 4.74 Å². The molecule has 0 radical (unpaired) electrons. The zero-order valence-corrected chi connectivity index (χ0v) is 14.6. The molecule has 1 N–H and O–H groups in total. The monoisotopic (exact) mass is 323 g/mol. The summed E-state index contributed by atoms with van der Waals surface area (Å²) in [5.74, 6) is 0.657. The predicted octanol–water partition coefficient (Wildman–Crippen LogP) is 5.13. The van der Waals surface area contributed by atoms with Crippen molar-refractivity contribution in [3.63, 3.8) is 0 Å². The van der Waals surface area contributed by atoms with Crippen LogP contribution >= 0.6 is 0 Å². The lowest BCUT2D eigenvalue weighted by Crippen LogP contribution is -2.08. The number of benzene rings is 2. The fourth-order valence-electron chi connectivity index (χ4n) is 2.47. The van der Waals surface area contributed by atoms with Crippen LogP contribution in [0.15, 0.2) is 48.5 Å². The first-order valence-electron chi connectivity index (χ1n) is 8.37. The van der Waals surface area contributed by atoms with Gasteiger partial charge in [-0.2, -0.15) is 0 Å². The maximum Gasteiger partial charge on any atom is 0.248 e. The summed E-state index contributed by atoms with van der Waals surface area (Å²) in [5.41, 5.74) is 3.98. The van der Waals surface area contributed by atoms with Crippen molar-refractivity contribution in [2.75, 3.05) is 11.9 Å². The second-order valence-electron chi connectivity index (χ2n) is 5.94. The van der Waals surface area contributed by atoms with E-state index in [1.54, 1.807) is 12.2 Å². The number of hydrogen-bond acceptors (Lipinski definition) is 2. The number of ether oxygens (including phenoxy) is 1. The van der Waals surface area contributed by atoms with E-state index < -0.39 is 0 Å². The molecule has 2 rings (SSSR count). The van der Waals surface area contributed by atoms with Crippen LogP contribution in [0.3, 0.4) is 0 Å². The van der Waals surface area contributed by atoms with Crippen LogP contribution in [-0.4, -0.2) is 12.5 Å². The van der Waals surface area contributed by atoms with E-state index in [0.29, 0.717) is 6.61 Å². The third kappa shape index (κ3) is 5.58. The van der Waals surface area contributed by atoms with Crippen molar-refractivity contribution in [3.05, 3.63) is 65.2 Å². The second kappa shape index (κ2) is 8.92. The lowest BCUT2D eigenvalue weighted by Gasteiger charge is -2.08. The number of para-hydroxylation sites is 1. The van der Waals surface area contributed by atoms with Crippen molar-refractivity contribution in [1.82, 2.24) is 0 Å². The zero-order chi connectivity index (χ0) is 17.4. The van der Waals surface area contributed by atoms with Crippen molar-refractivity contribution in [3.8, 4) is 5.75 Å². The summed E-state index contributed by atoms with van der Waals surface area (Å²) in [6, 6.07) is 13.7. The number of carbonyl (C=O) groups is 1. The molecule has 1 amide bonds. The lowest BCUT2D eigenvalue weighted by atomic mass is 10.1. The first kappa shape index (κ1) is 17.8. The Morgan fingerprint density at radius 2 is 1.83 bits per heavy atom. The maximum atomic E-state index is 12.1. The molecule has 0 aromatic heterocycles. The predicted molar refractivity (Wildman–Crippen MR) is 100 cm³/mol. The van der Waals surface area contributed by atoms with Crippen molar-refractivity contribution >= 4 is 17.7 Å². The lowest BCUT2D eigenvalue weighted by molar-refractivity contribution is -0.111. The van der Waals surface area contributed by atoms with Crippen molar-refractivity contribution < 1.29 is 9.53 Å². The Labute approximate surface area is 144 Å². The Hall–Kier alpha value is -2.55. The van der Waals surface area contributed by atoms with Gasteiger partial charge in [-0.15, -0.1) is 0 Å². The molecule has 2 aromatic carbocycles. The molecule has 0 aliphatic rings. The Morgan fingerprint density at radius 1 is 1.12 bits per heavy atom. The van der Waals surface area contributed by atoms with Gasteiger partial charge in [0, 0.05) is 17.3 Å². The molecule has 0 atom stereocenters. The number of nitrogens with one attached hydrogen (secondary N) is 1. The van der Waals surface area contributed by atoms with Gasteiger partial charge in [-0.3, -0.25) is 4.79 Å². The minimum atomic E-state index is -0.150. The van der Waals surface area contributed by atoms with E-state index in [1.807, 2.05) is 50.2 Å². The molecular weight excluding hydrogens is 298 g/mol. The van der Waals surface area contributed by atoms with Gasteiger partial charge >= 0.3 is 0 Å². The molecule has 3 heteroatoms. The minimum absolute atomic E-state index is 0.150. The summed E-state index contributed by atoms with van der Waals surface area (Å²) < 4.78 is 5.78. The van der Waals surface area contributed by atoms with Gasteiger partial charge in [-0.25, -0.2) is 0 Å². The number of rotatable bonds is 7. The first-order chi connectivity index (χ1) is 11.6. The van der Waals surface area contributed by atoms with E-state index in [9.17, 15) is 4.79 Å². The molecular formula is C21H25NO2. The van der Waals surface area contributed by atoms with Gasteiger partial charge in [0.05, 0.1) is 6.61 Å². The van der Waals surface area contributed by atoms with Gasteiger partial charge in [0.25, 0.3) is 0 Å². The summed E-state index contributed by atoms with van der Waals surface area (Å²) in [7, 11) is 0. The van der Waals surface area contributed by atoms with Crippen molar-refractivity contribution in [2.45, 2.75) is 33.6 Å². The molecule has 126 valence electrons. The maximum absolute atomic E-state index is 12.1. The fourth-order valence-corrected chi connectivity index (χ4v) is 2.47. The van der Waals surface area contributed by atoms with Gasteiger partial charge in [0.15, 0.2) is 0 Å². The van der Waals surface area contributed by atoms with E-state index in [0.717, 1.165) is 41.0 Å². The van der Waals surface area contributed by atoms with Crippen LogP contribution in [0.4, 0.5) is 5.69 Å². The van der Waals surface area contributed by atoms with Crippen molar-refractivity contribution in [2.24, 2.45) is 0 Å². The Balaban J connectivity index is 2.03. The fraction of sp³-hybridized carbons (Fsp3) is 0.286. The zero-order valence-electron chi connectivity index (χ0n) is 14.6. The normalized spacial score (nSPS) is 10.8. The molecule has 0 saturated heterocycles. The van der Waals surface area contributed by atoms with Gasteiger partial charge in [-0.05, 0) is 55.7 Å². The van der Waals surface area contributed by atoms with Gasteiger partial charge in [-0.1, -0.05) is 37.6 Å². The highest BCUT2D eigenvalue weighted by molar-refractivity contribution is 6.02. The van der Waals surface area contributed by atoms with Crippen LogP contribution in [0.2, 0.25) is 0 Å². The summed E-state index contributed by atoms with van der Waals surface area (Å²) in [6.45, 7) is 6.85. The molecule has 0 aliphatic carbocycles. The average molecular weight is 323 g/mol. The van der Waals surface area contributed by atoms with E-state index in [2.05, 4.69) is 18.3 Å². The van der Waals surface area contributed by atoms with Crippen molar-refractivity contribution in [1.29, 1.82) is 0 Å². The molecule has 0 aliphatic heterocycles. The van der Waals surface area contributed by atoms with Crippen LogP contribution in [-0.2, 0) is 4.79 Å². The number of anilines is 1. The molecule has 0 saturated carbocycles. The van der Waals surface area contributed by atoms with Crippen LogP contribution in [0.1, 0.15) is 36.5 Å². The van der Waals surface area contributed by atoms with Gasteiger partial charge in [0.1, 0.15) is 5.75 Å². The van der Waals surface area contributed by atoms with E-state index in [1.165, 1.54) is 0 Å². The molecule has 0 spiro atoms. The van der Waals surface area contributed by atoms with Crippen LogP contribution < -0.4 is 10.1 Å². The number of hydrogen-bond donors (Lipinski definition) is 1. The smallest absolute Gasteiger partial charge is 0.248 e. The number of amides is 1. The second-order valence-corrected chi connectivity index (χ2v) is 5.94. The molecule has 2 aromatic rings. The third-order valence-corrected chi connectivity index (χ3v) is 3.58. The molecule has 0 heterocycles. The number of unbranched alkanes of at least 4 members (excludes halogenated alkanes) is 1. The third-order valence-electron chi connectivity index (χ3n) is 3.58. The SMILES string of the molecule is CCCCOc1ccccc1C=CC(=O)Nc1cc(C)cc(C)c1. The van der Waals surface area contributed by atoms with Crippen LogP contribution in [0.5, 0.6) is 5.75 Å². The Kier molecular flexibility index (Phi) is 6.62. The highest BCUT2D eigenvalue weighted by Gasteiger charge is 2.02. The minimum Gasteiger partial charge on any atom is -0.493 e. The summed E-state index contributed by atoms with van der Waals surface area (Å²) in [6.07, 6.45) is 5.44. The molecule has 24 heavy (non-hydrogen) atoms. The average Bonchev–Trinajstić information content (AvgIpc) is 2.53. The van der Waals surface area contributed by atoms with Crippen LogP contribution in [0, 0.1) is 13.8 Å². The van der Waals surface area contributed by atoms with Gasteiger partial charge in [0.2, 0.25) is 5.91 Å². The molecule has 3 nitrogen and oxygen atoms in total. The van der Waals surface area contributed by atoms with E-state index in [-0.39, 0.29) is 5.91 Å². The quantitative estimate of drug-likeness (QED) is 0.566.